The third-order valence-corrected chi connectivity index (χ3v) is 4.62. The van der Waals surface area contributed by atoms with Crippen LogP contribution in [0.4, 0.5) is 0 Å². The summed E-state index contributed by atoms with van der Waals surface area (Å²) in [5, 5.41) is 6.68. The summed E-state index contributed by atoms with van der Waals surface area (Å²) in [6, 6.07) is 5.71. The minimum absolute atomic E-state index is 0.207. The Labute approximate surface area is 167 Å². The van der Waals surface area contributed by atoms with Crippen molar-refractivity contribution < 1.29 is 19.0 Å². The third kappa shape index (κ3) is 6.51. The SMILES string of the molecule is CCC(=O)N1CCC(NC(=NC)NCCCOc2cc(OC)cc(OC)c2)C1. The van der Waals surface area contributed by atoms with E-state index in [1.54, 1.807) is 21.3 Å². The highest BCUT2D eigenvalue weighted by Gasteiger charge is 2.25. The molecular formula is C20H32N4O4. The largest absolute Gasteiger partial charge is 0.496 e. The van der Waals surface area contributed by atoms with E-state index in [-0.39, 0.29) is 11.9 Å². The highest BCUT2D eigenvalue weighted by molar-refractivity contribution is 5.80. The van der Waals surface area contributed by atoms with Crippen LogP contribution in [0.25, 0.3) is 0 Å². The average Bonchev–Trinajstić information content (AvgIpc) is 3.20. The molecule has 0 radical (unpaired) electrons. The van der Waals surface area contributed by atoms with Gasteiger partial charge in [-0.15, -0.1) is 0 Å². The fourth-order valence-electron chi connectivity index (χ4n) is 3.05. The van der Waals surface area contributed by atoms with E-state index in [9.17, 15) is 4.79 Å². The van der Waals surface area contributed by atoms with Gasteiger partial charge in [0.25, 0.3) is 0 Å². The zero-order chi connectivity index (χ0) is 20.4. The summed E-state index contributed by atoms with van der Waals surface area (Å²) in [5.41, 5.74) is 0. The molecule has 1 amide bonds. The fraction of sp³-hybridized carbons (Fsp3) is 0.600. The molecule has 1 aromatic rings. The summed E-state index contributed by atoms with van der Waals surface area (Å²) in [7, 11) is 4.98. The molecule has 1 unspecified atom stereocenters. The molecule has 1 atom stereocenters. The van der Waals surface area contributed by atoms with Gasteiger partial charge in [-0.25, -0.2) is 0 Å². The first-order valence-electron chi connectivity index (χ1n) is 9.70. The Morgan fingerprint density at radius 1 is 1.21 bits per heavy atom. The van der Waals surface area contributed by atoms with E-state index < -0.39 is 0 Å². The number of hydrogen-bond donors (Lipinski definition) is 2. The molecule has 1 fully saturated rings. The van der Waals surface area contributed by atoms with Crippen molar-refractivity contribution in [3.63, 3.8) is 0 Å². The van der Waals surface area contributed by atoms with Crippen LogP contribution < -0.4 is 24.8 Å². The summed E-state index contributed by atoms with van der Waals surface area (Å²) in [6.45, 7) is 4.72. The zero-order valence-corrected chi connectivity index (χ0v) is 17.3. The van der Waals surface area contributed by atoms with Crippen molar-refractivity contribution in [2.75, 3.05) is 47.5 Å². The van der Waals surface area contributed by atoms with Crippen LogP contribution in [-0.2, 0) is 4.79 Å². The summed E-state index contributed by atoms with van der Waals surface area (Å²) < 4.78 is 16.3. The van der Waals surface area contributed by atoms with Crippen LogP contribution in [-0.4, -0.2) is 70.3 Å². The molecule has 1 saturated heterocycles. The van der Waals surface area contributed by atoms with Crippen molar-refractivity contribution in [3.8, 4) is 17.2 Å². The minimum Gasteiger partial charge on any atom is -0.496 e. The van der Waals surface area contributed by atoms with E-state index in [1.807, 2.05) is 30.0 Å². The second-order valence-corrected chi connectivity index (χ2v) is 6.57. The summed E-state index contributed by atoms with van der Waals surface area (Å²) in [5.74, 6) is 3.07. The van der Waals surface area contributed by atoms with Crippen molar-refractivity contribution >= 4 is 11.9 Å². The van der Waals surface area contributed by atoms with E-state index in [4.69, 9.17) is 14.2 Å². The van der Waals surface area contributed by atoms with Crippen LogP contribution in [0.2, 0.25) is 0 Å². The van der Waals surface area contributed by atoms with Gasteiger partial charge in [-0.05, 0) is 12.8 Å². The molecule has 0 aromatic heterocycles. The van der Waals surface area contributed by atoms with Gasteiger partial charge in [0.1, 0.15) is 17.2 Å². The number of nitrogens with zero attached hydrogens (tertiary/aromatic N) is 2. The van der Waals surface area contributed by atoms with E-state index in [1.165, 1.54) is 0 Å². The normalized spacial score (nSPS) is 16.6. The van der Waals surface area contributed by atoms with Gasteiger partial charge in [-0.1, -0.05) is 6.92 Å². The van der Waals surface area contributed by atoms with Gasteiger partial charge in [0.2, 0.25) is 5.91 Å². The van der Waals surface area contributed by atoms with E-state index in [0.717, 1.165) is 38.4 Å². The lowest BCUT2D eigenvalue weighted by Gasteiger charge is -2.18. The van der Waals surface area contributed by atoms with Gasteiger partial charge in [0, 0.05) is 57.3 Å². The molecule has 8 nitrogen and oxygen atoms in total. The van der Waals surface area contributed by atoms with E-state index >= 15 is 0 Å². The molecule has 0 aliphatic carbocycles. The van der Waals surface area contributed by atoms with Crippen LogP contribution in [0.1, 0.15) is 26.2 Å². The van der Waals surface area contributed by atoms with E-state index in [2.05, 4.69) is 15.6 Å². The number of carbonyl (C=O) groups is 1. The van der Waals surface area contributed by atoms with Crippen LogP contribution in [0, 0.1) is 0 Å². The average molecular weight is 393 g/mol. The number of rotatable bonds is 9. The molecule has 1 aliphatic heterocycles. The molecule has 8 heteroatoms. The first kappa shape index (κ1) is 21.7. The summed E-state index contributed by atoms with van der Waals surface area (Å²) >= 11 is 0. The second kappa shape index (κ2) is 11.3. The molecule has 2 N–H and O–H groups in total. The van der Waals surface area contributed by atoms with Crippen LogP contribution in [0.15, 0.2) is 23.2 Å². The molecule has 1 aromatic carbocycles. The Bertz CT molecular complexity index is 643. The lowest BCUT2D eigenvalue weighted by molar-refractivity contribution is -0.129. The Morgan fingerprint density at radius 2 is 1.89 bits per heavy atom. The number of benzene rings is 1. The first-order valence-corrected chi connectivity index (χ1v) is 9.70. The van der Waals surface area contributed by atoms with Gasteiger partial charge >= 0.3 is 0 Å². The molecule has 28 heavy (non-hydrogen) atoms. The number of hydrogen-bond acceptors (Lipinski definition) is 5. The smallest absolute Gasteiger partial charge is 0.222 e. The summed E-state index contributed by atoms with van der Waals surface area (Å²) in [6.07, 6.45) is 2.30. The standard InChI is InChI=1S/C20H32N4O4/c1-5-19(25)24-9-7-15(14-24)23-20(21-2)22-8-6-10-28-18-12-16(26-3)11-17(13-18)27-4/h11-13,15H,5-10,14H2,1-4H3,(H2,21,22,23). The molecule has 0 spiro atoms. The Balaban J connectivity index is 1.69. The van der Waals surface area contributed by atoms with Gasteiger partial charge in [0.15, 0.2) is 5.96 Å². The minimum atomic E-state index is 0.207. The van der Waals surface area contributed by atoms with Gasteiger partial charge in [0.05, 0.1) is 20.8 Å². The van der Waals surface area contributed by atoms with Crippen molar-refractivity contribution in [1.82, 2.24) is 15.5 Å². The highest BCUT2D eigenvalue weighted by atomic mass is 16.5. The van der Waals surface area contributed by atoms with Gasteiger partial charge in [-0.3, -0.25) is 9.79 Å². The number of aliphatic imine (C=N–C) groups is 1. The number of carbonyl (C=O) groups excluding carboxylic acids is 1. The Kier molecular flexibility index (Phi) is 8.71. The van der Waals surface area contributed by atoms with Crippen molar-refractivity contribution in [3.05, 3.63) is 18.2 Å². The number of ether oxygens (including phenoxy) is 3. The first-order chi connectivity index (χ1) is 13.6. The number of guanidine groups is 1. The van der Waals surface area contributed by atoms with Gasteiger partial charge in [-0.2, -0.15) is 0 Å². The fourth-order valence-corrected chi connectivity index (χ4v) is 3.05. The molecule has 1 aliphatic rings. The number of methoxy groups -OCH3 is 2. The predicted octanol–water partition coefficient (Wildman–Crippen LogP) is 1.65. The van der Waals surface area contributed by atoms with Crippen LogP contribution in [0.3, 0.4) is 0 Å². The monoisotopic (exact) mass is 392 g/mol. The zero-order valence-electron chi connectivity index (χ0n) is 17.3. The number of likely N-dealkylation sites (tertiary alicyclic amines) is 1. The summed E-state index contributed by atoms with van der Waals surface area (Å²) in [4.78, 5) is 17.9. The van der Waals surface area contributed by atoms with Crippen LogP contribution >= 0.6 is 0 Å². The van der Waals surface area contributed by atoms with Crippen molar-refractivity contribution in [1.29, 1.82) is 0 Å². The Morgan fingerprint density at radius 3 is 2.50 bits per heavy atom. The quantitative estimate of drug-likeness (QED) is 0.378. The maximum atomic E-state index is 11.8. The third-order valence-electron chi connectivity index (χ3n) is 4.62. The molecule has 0 bridgehead atoms. The van der Waals surface area contributed by atoms with E-state index in [0.29, 0.717) is 30.3 Å². The molecular weight excluding hydrogens is 360 g/mol. The van der Waals surface area contributed by atoms with Crippen LogP contribution in [0.5, 0.6) is 17.2 Å². The maximum Gasteiger partial charge on any atom is 0.222 e. The van der Waals surface area contributed by atoms with Crippen molar-refractivity contribution in [2.24, 2.45) is 4.99 Å². The molecule has 156 valence electrons. The van der Waals surface area contributed by atoms with Crippen molar-refractivity contribution in [2.45, 2.75) is 32.2 Å². The number of nitrogens with one attached hydrogen (secondary N) is 2. The molecule has 1 heterocycles. The predicted molar refractivity (Wildman–Crippen MR) is 109 cm³/mol. The molecule has 2 rings (SSSR count). The number of amides is 1. The lowest BCUT2D eigenvalue weighted by atomic mass is 10.3. The van der Waals surface area contributed by atoms with Gasteiger partial charge < -0.3 is 29.7 Å². The topological polar surface area (TPSA) is 84.4 Å². The lowest BCUT2D eigenvalue weighted by Crippen LogP contribution is -2.45. The Hall–Kier alpha value is -2.64. The molecule has 0 saturated carbocycles. The second-order valence-electron chi connectivity index (χ2n) is 6.57. The maximum absolute atomic E-state index is 11.8. The highest BCUT2D eigenvalue weighted by Crippen LogP contribution is 2.27.